The first-order chi connectivity index (χ1) is 15.3. The van der Waals surface area contributed by atoms with Crippen molar-refractivity contribution in [1.82, 2.24) is 14.5 Å². The topological polar surface area (TPSA) is 79.7 Å². The second-order valence-electron chi connectivity index (χ2n) is 9.43. The summed E-state index contributed by atoms with van der Waals surface area (Å²) in [5, 5.41) is 3.12. The smallest absolute Gasteiger partial charge is 0.376 e. The molecule has 4 heterocycles. The number of halogens is 3. The maximum Gasteiger partial charge on any atom is 0.408 e. The number of rotatable bonds is 6. The van der Waals surface area contributed by atoms with Crippen LogP contribution in [0.25, 0.3) is 0 Å². The number of carbonyl (C=O) groups excluding carboxylic acids is 1. The summed E-state index contributed by atoms with van der Waals surface area (Å²) in [5.41, 5.74) is -0.351. The van der Waals surface area contributed by atoms with Crippen molar-refractivity contribution in [3.8, 4) is 0 Å². The molecular formula is C21H28F3N5O3. The van der Waals surface area contributed by atoms with E-state index in [2.05, 4.69) is 10.3 Å². The van der Waals surface area contributed by atoms with Gasteiger partial charge >= 0.3 is 6.18 Å². The molecule has 3 fully saturated rings. The van der Waals surface area contributed by atoms with E-state index in [1.807, 2.05) is 0 Å². The summed E-state index contributed by atoms with van der Waals surface area (Å²) < 4.78 is 48.8. The molecule has 32 heavy (non-hydrogen) atoms. The number of hydrogen-bond donors (Lipinski definition) is 1. The number of ether oxygens (including phenoxy) is 1. The minimum atomic E-state index is -4.42. The van der Waals surface area contributed by atoms with E-state index in [0.717, 1.165) is 19.4 Å². The second kappa shape index (κ2) is 8.24. The molecule has 1 aliphatic carbocycles. The van der Waals surface area contributed by atoms with Gasteiger partial charge in [-0.3, -0.25) is 14.2 Å². The molecule has 0 aromatic carbocycles. The van der Waals surface area contributed by atoms with Crippen molar-refractivity contribution >= 4 is 18.2 Å². The van der Waals surface area contributed by atoms with Crippen LogP contribution in [-0.4, -0.2) is 72.0 Å². The maximum atomic E-state index is 13.9. The van der Waals surface area contributed by atoms with Crippen LogP contribution in [0.15, 0.2) is 10.9 Å². The van der Waals surface area contributed by atoms with E-state index in [1.54, 1.807) is 4.90 Å². The lowest BCUT2D eigenvalue weighted by atomic mass is 9.95. The van der Waals surface area contributed by atoms with E-state index >= 15 is 0 Å². The molecule has 176 valence electrons. The van der Waals surface area contributed by atoms with Gasteiger partial charge in [-0.15, -0.1) is 0 Å². The standard InChI is InChI=1S/C21H28F3N5O3/c22-21(23,24)17-3-6-28-19(31)8-18(25-9-16-15-7-14(15)11-32-16)26-20(28)29(17)10-13-1-4-27(12-30)5-2-13/h8,12-17,25H,1-7,9-11H2/t14-,15?,16+,17-/m0/s1. The number of aromatic nitrogens is 2. The van der Waals surface area contributed by atoms with Gasteiger partial charge in [0, 0.05) is 38.8 Å². The number of nitrogens with zero attached hydrogens (tertiary/aromatic N) is 4. The van der Waals surface area contributed by atoms with Gasteiger partial charge in [0.1, 0.15) is 11.9 Å². The Hall–Kier alpha value is -2.30. The molecule has 2 saturated heterocycles. The highest BCUT2D eigenvalue weighted by Crippen LogP contribution is 2.48. The first-order valence-corrected chi connectivity index (χ1v) is 11.3. The fourth-order valence-corrected chi connectivity index (χ4v) is 5.33. The van der Waals surface area contributed by atoms with Gasteiger partial charge in [-0.25, -0.2) is 0 Å². The van der Waals surface area contributed by atoms with Crippen molar-refractivity contribution < 1.29 is 22.7 Å². The number of likely N-dealkylation sites (tertiary alicyclic amines) is 1. The maximum absolute atomic E-state index is 13.9. The van der Waals surface area contributed by atoms with Gasteiger partial charge < -0.3 is 19.9 Å². The predicted molar refractivity (Wildman–Crippen MR) is 110 cm³/mol. The van der Waals surface area contributed by atoms with Crippen LogP contribution in [0.5, 0.6) is 0 Å². The third-order valence-corrected chi connectivity index (χ3v) is 7.34. The van der Waals surface area contributed by atoms with Crippen molar-refractivity contribution in [2.24, 2.45) is 17.8 Å². The quantitative estimate of drug-likeness (QED) is 0.658. The van der Waals surface area contributed by atoms with Crippen LogP contribution < -0.4 is 15.8 Å². The molecule has 11 heteroatoms. The third kappa shape index (κ3) is 4.18. The first-order valence-electron chi connectivity index (χ1n) is 11.3. The zero-order chi connectivity index (χ0) is 22.5. The molecule has 1 aromatic heterocycles. The fraction of sp³-hybridized carbons (Fsp3) is 0.762. The van der Waals surface area contributed by atoms with Gasteiger partial charge in [0.25, 0.3) is 5.56 Å². The molecule has 8 nitrogen and oxygen atoms in total. The number of hydrogen-bond acceptors (Lipinski definition) is 6. The molecule has 4 atom stereocenters. The molecule has 1 N–H and O–H groups in total. The number of carbonyl (C=O) groups is 1. The molecule has 0 radical (unpaired) electrons. The van der Waals surface area contributed by atoms with Gasteiger partial charge in [0.2, 0.25) is 12.4 Å². The van der Waals surface area contributed by atoms with E-state index < -0.39 is 12.2 Å². The third-order valence-electron chi connectivity index (χ3n) is 7.34. The van der Waals surface area contributed by atoms with Crippen LogP contribution in [0.4, 0.5) is 24.9 Å². The van der Waals surface area contributed by atoms with Gasteiger partial charge in [-0.2, -0.15) is 18.2 Å². The summed E-state index contributed by atoms with van der Waals surface area (Å²) in [6.45, 7) is 2.45. The fourth-order valence-electron chi connectivity index (χ4n) is 5.33. The molecule has 4 aliphatic rings. The van der Waals surface area contributed by atoms with Crippen LogP contribution in [0, 0.1) is 17.8 Å². The normalized spacial score (nSPS) is 30.1. The Morgan fingerprint density at radius 2 is 2.00 bits per heavy atom. The lowest BCUT2D eigenvalue weighted by Crippen LogP contribution is -2.54. The zero-order valence-electron chi connectivity index (χ0n) is 17.8. The van der Waals surface area contributed by atoms with Gasteiger partial charge in [0.15, 0.2) is 0 Å². The van der Waals surface area contributed by atoms with Crippen LogP contribution in [-0.2, 0) is 16.1 Å². The van der Waals surface area contributed by atoms with Gasteiger partial charge in [-0.05, 0) is 43.4 Å². The summed E-state index contributed by atoms with van der Waals surface area (Å²) in [4.78, 5) is 31.1. The Morgan fingerprint density at radius 3 is 2.62 bits per heavy atom. The Kier molecular flexibility index (Phi) is 5.55. The highest BCUT2D eigenvalue weighted by Gasteiger charge is 2.49. The first kappa shape index (κ1) is 21.5. The lowest BCUT2D eigenvalue weighted by molar-refractivity contribution is -0.153. The molecule has 0 spiro atoms. The number of piperidine rings is 1. The van der Waals surface area contributed by atoms with Crippen LogP contribution in [0.2, 0.25) is 0 Å². The monoisotopic (exact) mass is 455 g/mol. The Morgan fingerprint density at radius 1 is 1.22 bits per heavy atom. The summed E-state index contributed by atoms with van der Waals surface area (Å²) in [5.74, 6) is 1.51. The molecule has 3 aliphatic heterocycles. The van der Waals surface area contributed by atoms with Gasteiger partial charge in [-0.1, -0.05) is 0 Å². The van der Waals surface area contributed by atoms with E-state index in [4.69, 9.17) is 4.74 Å². The summed E-state index contributed by atoms with van der Waals surface area (Å²) in [6, 6.07) is -0.323. The van der Waals surface area contributed by atoms with Gasteiger partial charge in [0.05, 0.1) is 12.7 Å². The molecule has 1 unspecified atom stereocenters. The zero-order valence-corrected chi connectivity index (χ0v) is 17.8. The summed E-state index contributed by atoms with van der Waals surface area (Å²) >= 11 is 0. The Labute approximate surface area is 183 Å². The number of anilines is 2. The second-order valence-corrected chi connectivity index (χ2v) is 9.43. The number of alkyl halides is 3. The summed E-state index contributed by atoms with van der Waals surface area (Å²) in [6.07, 6.45) is -1.36. The minimum Gasteiger partial charge on any atom is -0.376 e. The number of amides is 1. The predicted octanol–water partition coefficient (Wildman–Crippen LogP) is 1.70. The largest absolute Gasteiger partial charge is 0.408 e. The number of fused-ring (bicyclic) bond motifs is 2. The average Bonchev–Trinajstić information content (AvgIpc) is 3.44. The SMILES string of the molecule is O=CN1CCC(CN2c3nc(NC[C@H]4OC[C@@H]5CC54)cc(=O)n3CC[C@H]2C(F)(F)F)CC1. The average molecular weight is 455 g/mol. The summed E-state index contributed by atoms with van der Waals surface area (Å²) in [7, 11) is 0. The molecular weight excluding hydrogens is 427 g/mol. The lowest BCUT2D eigenvalue weighted by Gasteiger charge is -2.42. The van der Waals surface area contributed by atoms with Crippen molar-refractivity contribution in [3.63, 3.8) is 0 Å². The molecule has 1 aromatic rings. The van der Waals surface area contributed by atoms with E-state index in [1.165, 1.54) is 15.5 Å². The van der Waals surface area contributed by atoms with Crippen molar-refractivity contribution in [2.45, 2.75) is 50.6 Å². The van der Waals surface area contributed by atoms with Crippen LogP contribution in [0.3, 0.4) is 0 Å². The molecule has 1 amide bonds. The minimum absolute atomic E-state index is 0.00481. The van der Waals surface area contributed by atoms with Crippen molar-refractivity contribution in [1.29, 1.82) is 0 Å². The highest BCUT2D eigenvalue weighted by atomic mass is 19.4. The van der Waals surface area contributed by atoms with E-state index in [-0.39, 0.29) is 48.9 Å². The number of nitrogens with one attached hydrogen (secondary N) is 1. The molecule has 0 bridgehead atoms. The van der Waals surface area contributed by atoms with Crippen LogP contribution in [0.1, 0.15) is 25.7 Å². The molecule has 5 rings (SSSR count). The van der Waals surface area contributed by atoms with E-state index in [9.17, 15) is 22.8 Å². The molecule has 1 saturated carbocycles. The Balaban J connectivity index is 1.38. The highest BCUT2D eigenvalue weighted by molar-refractivity contribution is 5.47. The van der Waals surface area contributed by atoms with E-state index in [0.29, 0.717) is 44.3 Å². The van der Waals surface area contributed by atoms with Crippen LogP contribution >= 0.6 is 0 Å². The van der Waals surface area contributed by atoms with Crippen molar-refractivity contribution in [2.75, 3.05) is 43.0 Å². The Bertz CT molecular complexity index is 915. The van der Waals surface area contributed by atoms with Crippen molar-refractivity contribution in [3.05, 3.63) is 16.4 Å².